The van der Waals surface area contributed by atoms with E-state index >= 15 is 0 Å². The van der Waals surface area contributed by atoms with Crippen LogP contribution in [0.4, 0.5) is 13.2 Å². The van der Waals surface area contributed by atoms with Gasteiger partial charge >= 0.3 is 6.18 Å². The third-order valence-corrected chi connectivity index (χ3v) is 5.17. The lowest BCUT2D eigenvalue weighted by Gasteiger charge is -2.22. The first-order chi connectivity index (χ1) is 14.7. The molecule has 0 saturated carbocycles. The van der Waals surface area contributed by atoms with Crippen LogP contribution in [0.2, 0.25) is 0 Å². The molecule has 0 saturated heterocycles. The molecule has 6 heteroatoms. The minimum atomic E-state index is -4.34. The molecule has 3 aromatic rings. The summed E-state index contributed by atoms with van der Waals surface area (Å²) in [6, 6.07) is 19.3. The molecule has 1 atom stereocenters. The zero-order valence-electron chi connectivity index (χ0n) is 17.8. The van der Waals surface area contributed by atoms with E-state index in [0.717, 1.165) is 37.0 Å². The first kappa shape index (κ1) is 22.6. The van der Waals surface area contributed by atoms with Crippen LogP contribution in [0, 0.1) is 17.2 Å². The molecule has 0 bridgehead atoms. The molecule has 0 fully saturated rings. The second kappa shape index (κ2) is 9.84. The molecule has 3 nitrogen and oxygen atoms in total. The summed E-state index contributed by atoms with van der Waals surface area (Å²) in [6.07, 6.45) is -2.43. The van der Waals surface area contributed by atoms with Crippen molar-refractivity contribution in [3.63, 3.8) is 0 Å². The van der Waals surface area contributed by atoms with E-state index < -0.39 is 11.7 Å². The highest BCUT2D eigenvalue weighted by molar-refractivity contribution is 5.32. The summed E-state index contributed by atoms with van der Waals surface area (Å²) in [4.78, 5) is 1.34. The van der Waals surface area contributed by atoms with Crippen molar-refractivity contribution in [2.75, 3.05) is 6.54 Å². The van der Waals surface area contributed by atoms with Crippen molar-refractivity contribution in [3.8, 4) is 6.07 Å². The van der Waals surface area contributed by atoms with Crippen LogP contribution in [0.25, 0.3) is 0 Å². The fraction of sp³-hybridized carbons (Fsp3) is 0.320. The molecule has 0 radical (unpaired) electrons. The third kappa shape index (κ3) is 6.47. The number of halogens is 3. The highest BCUT2D eigenvalue weighted by Gasteiger charge is 2.30. The van der Waals surface area contributed by atoms with Crippen LogP contribution in [0.1, 0.15) is 41.8 Å². The topological polar surface area (TPSA) is 33.2 Å². The van der Waals surface area contributed by atoms with E-state index in [1.807, 2.05) is 41.1 Å². The van der Waals surface area contributed by atoms with Gasteiger partial charge in [-0.1, -0.05) is 38.1 Å². The minimum absolute atomic E-state index is 0.394. The second-order valence-electron chi connectivity index (χ2n) is 8.34. The van der Waals surface area contributed by atoms with Gasteiger partial charge in [-0.2, -0.15) is 18.4 Å². The van der Waals surface area contributed by atoms with Gasteiger partial charge in [0.1, 0.15) is 13.1 Å². The van der Waals surface area contributed by atoms with Crippen molar-refractivity contribution in [2.24, 2.45) is 5.92 Å². The van der Waals surface area contributed by atoms with E-state index in [1.54, 1.807) is 12.1 Å². The Balaban J connectivity index is 1.78. The zero-order chi connectivity index (χ0) is 22.4. The maximum atomic E-state index is 13.1. The molecule has 1 heterocycles. The van der Waals surface area contributed by atoms with Crippen LogP contribution >= 0.6 is 0 Å². The molecule has 162 valence electrons. The van der Waals surface area contributed by atoms with Gasteiger partial charge in [0.15, 0.2) is 0 Å². The smallest absolute Gasteiger partial charge is 0.342 e. The van der Waals surface area contributed by atoms with Crippen LogP contribution in [0.5, 0.6) is 0 Å². The molecule has 0 aliphatic heterocycles. The summed E-state index contributed by atoms with van der Waals surface area (Å²) in [5, 5.41) is 9.16. The summed E-state index contributed by atoms with van der Waals surface area (Å²) >= 11 is 0. The summed E-state index contributed by atoms with van der Waals surface area (Å²) in [5.74, 6) is 0.487. The Morgan fingerprint density at radius 3 is 2.42 bits per heavy atom. The Morgan fingerprint density at radius 1 is 0.968 bits per heavy atom. The highest BCUT2D eigenvalue weighted by Crippen LogP contribution is 2.29. The van der Waals surface area contributed by atoms with Gasteiger partial charge in [-0.3, -0.25) is 0 Å². The monoisotopic (exact) mass is 426 g/mol. The molecular weight excluding hydrogens is 399 g/mol. The van der Waals surface area contributed by atoms with Crippen molar-refractivity contribution in [3.05, 3.63) is 94.8 Å². The number of benzene rings is 2. The van der Waals surface area contributed by atoms with Gasteiger partial charge in [0.25, 0.3) is 0 Å². The average Bonchev–Trinajstić information content (AvgIpc) is 3.13. The predicted molar refractivity (Wildman–Crippen MR) is 114 cm³/mol. The largest absolute Gasteiger partial charge is 0.416 e. The lowest BCUT2D eigenvalue weighted by molar-refractivity contribution is -0.930. The van der Waals surface area contributed by atoms with Crippen molar-refractivity contribution >= 4 is 0 Å². The zero-order valence-corrected chi connectivity index (χ0v) is 17.8. The number of alkyl halides is 3. The number of nitrogens with one attached hydrogen (secondary N) is 1. The van der Waals surface area contributed by atoms with Crippen LogP contribution in [-0.4, -0.2) is 11.1 Å². The fourth-order valence-corrected chi connectivity index (χ4v) is 3.89. The second-order valence-corrected chi connectivity index (χ2v) is 8.34. The van der Waals surface area contributed by atoms with Gasteiger partial charge in [0.05, 0.1) is 29.4 Å². The Kier molecular flexibility index (Phi) is 7.19. The first-order valence-electron chi connectivity index (χ1n) is 10.4. The number of aromatic nitrogens is 1. The van der Waals surface area contributed by atoms with Gasteiger partial charge in [0, 0.05) is 24.2 Å². The fourth-order valence-electron chi connectivity index (χ4n) is 3.89. The van der Waals surface area contributed by atoms with Gasteiger partial charge in [-0.25, -0.2) is 0 Å². The Morgan fingerprint density at radius 2 is 1.71 bits per heavy atom. The summed E-state index contributed by atoms with van der Waals surface area (Å²) in [5.41, 5.74) is 2.83. The molecule has 0 aliphatic rings. The molecule has 1 aromatic heterocycles. The van der Waals surface area contributed by atoms with E-state index in [-0.39, 0.29) is 0 Å². The number of nitrogens with zero attached hydrogens (tertiary/aromatic N) is 2. The normalized spacial score (nSPS) is 12.7. The Hall–Kier alpha value is -3.04. The van der Waals surface area contributed by atoms with E-state index in [9.17, 15) is 13.2 Å². The van der Waals surface area contributed by atoms with Crippen molar-refractivity contribution in [2.45, 2.75) is 39.7 Å². The van der Waals surface area contributed by atoms with E-state index in [4.69, 9.17) is 5.26 Å². The van der Waals surface area contributed by atoms with Gasteiger partial charge in [-0.15, -0.1) is 0 Å². The third-order valence-electron chi connectivity index (χ3n) is 5.17. The van der Waals surface area contributed by atoms with E-state index in [1.165, 1.54) is 17.0 Å². The van der Waals surface area contributed by atoms with Crippen molar-refractivity contribution in [1.82, 2.24) is 4.57 Å². The summed E-state index contributed by atoms with van der Waals surface area (Å²) in [7, 11) is 0. The Labute approximate surface area is 181 Å². The van der Waals surface area contributed by atoms with Crippen LogP contribution in [-0.2, 0) is 25.8 Å². The minimum Gasteiger partial charge on any atom is -0.342 e. The Bertz CT molecular complexity index is 1040. The molecule has 1 unspecified atom stereocenters. The molecule has 0 aliphatic carbocycles. The SMILES string of the molecule is CC(C)C[NH+](Cc1cccc(C#N)c1)Cc1cccn1Cc1cccc(C(F)(F)F)c1. The van der Waals surface area contributed by atoms with E-state index in [2.05, 4.69) is 19.9 Å². The molecule has 31 heavy (non-hydrogen) atoms. The van der Waals surface area contributed by atoms with E-state index in [0.29, 0.717) is 23.6 Å². The number of hydrogen-bond acceptors (Lipinski definition) is 1. The maximum Gasteiger partial charge on any atom is 0.416 e. The number of hydrogen-bond donors (Lipinski definition) is 1. The van der Waals surface area contributed by atoms with Crippen LogP contribution in [0.3, 0.4) is 0 Å². The molecular formula is C25H27F3N3+. The van der Waals surface area contributed by atoms with Crippen molar-refractivity contribution in [1.29, 1.82) is 5.26 Å². The number of nitriles is 1. The molecule has 0 amide bonds. The number of quaternary nitrogens is 1. The van der Waals surface area contributed by atoms with Crippen LogP contribution < -0.4 is 4.90 Å². The number of rotatable bonds is 8. The standard InChI is InChI=1S/C25H26F3N3/c1-19(2)15-30(16-21-7-3-6-20(12-21)14-29)18-24-10-5-11-31(24)17-22-8-4-9-23(13-22)25(26,27)28/h3-13,19H,15-18H2,1-2H3/p+1. The van der Waals surface area contributed by atoms with Gasteiger partial charge in [-0.05, 0) is 42.0 Å². The maximum absolute atomic E-state index is 13.1. The molecule has 0 spiro atoms. The van der Waals surface area contributed by atoms with Crippen LogP contribution in [0.15, 0.2) is 66.9 Å². The lowest BCUT2D eigenvalue weighted by Crippen LogP contribution is -3.10. The molecule has 2 aromatic carbocycles. The van der Waals surface area contributed by atoms with Gasteiger partial charge < -0.3 is 9.47 Å². The summed E-state index contributed by atoms with van der Waals surface area (Å²) in [6.45, 7) is 7.22. The summed E-state index contributed by atoms with van der Waals surface area (Å²) < 4.78 is 41.2. The molecule has 1 N–H and O–H groups in total. The average molecular weight is 427 g/mol. The molecule has 3 rings (SSSR count). The lowest BCUT2D eigenvalue weighted by atomic mass is 10.1. The first-order valence-corrected chi connectivity index (χ1v) is 10.4. The predicted octanol–water partition coefficient (Wildman–Crippen LogP) is 4.67. The van der Waals surface area contributed by atoms with Gasteiger partial charge in [0.2, 0.25) is 0 Å². The van der Waals surface area contributed by atoms with Crippen molar-refractivity contribution < 1.29 is 18.1 Å². The highest BCUT2D eigenvalue weighted by atomic mass is 19.4. The quantitative estimate of drug-likeness (QED) is 0.558.